The fourth-order valence-electron chi connectivity index (χ4n) is 5.12. The lowest BCUT2D eigenvalue weighted by Crippen LogP contribution is -2.37. The molecule has 0 bridgehead atoms. The summed E-state index contributed by atoms with van der Waals surface area (Å²) in [5, 5.41) is 4.98. The minimum Gasteiger partial charge on any atom is -0.383 e. The number of anilines is 1. The van der Waals surface area contributed by atoms with Crippen LogP contribution in [0.4, 0.5) is 14.6 Å². The number of ether oxygens (including phenoxy) is 1. The summed E-state index contributed by atoms with van der Waals surface area (Å²) in [6.07, 6.45) is 6.57. The maximum absolute atomic E-state index is 15.3. The smallest absolute Gasteiger partial charge is 0.246 e. The van der Waals surface area contributed by atoms with Crippen LogP contribution in [0.5, 0.6) is 0 Å². The van der Waals surface area contributed by atoms with Crippen LogP contribution in [-0.4, -0.2) is 66.4 Å². The van der Waals surface area contributed by atoms with E-state index in [4.69, 9.17) is 10.5 Å². The molecule has 4 aromatic rings. The van der Waals surface area contributed by atoms with Crippen molar-refractivity contribution in [1.82, 2.24) is 34.2 Å². The Balaban J connectivity index is 1.41. The summed E-state index contributed by atoms with van der Waals surface area (Å²) < 4.78 is 39.1. The first-order valence-electron chi connectivity index (χ1n) is 12.2. The van der Waals surface area contributed by atoms with Gasteiger partial charge in [-0.15, -0.1) is 0 Å². The molecular weight excluding hydrogens is 494 g/mol. The molecule has 2 aliphatic rings. The van der Waals surface area contributed by atoms with E-state index in [0.29, 0.717) is 36.1 Å². The summed E-state index contributed by atoms with van der Waals surface area (Å²) in [5.41, 5.74) is 6.82. The van der Waals surface area contributed by atoms with Crippen molar-refractivity contribution in [1.29, 1.82) is 0 Å². The Morgan fingerprint density at radius 3 is 2.82 bits per heavy atom. The van der Waals surface area contributed by atoms with Gasteiger partial charge in [-0.2, -0.15) is 5.10 Å². The van der Waals surface area contributed by atoms with Crippen LogP contribution in [-0.2, 0) is 9.53 Å². The minimum atomic E-state index is -0.823. The minimum absolute atomic E-state index is 0.0722. The molecule has 1 saturated heterocycles. The Labute approximate surface area is 216 Å². The van der Waals surface area contributed by atoms with E-state index in [1.165, 1.54) is 24.8 Å². The van der Waals surface area contributed by atoms with E-state index in [9.17, 15) is 4.79 Å². The standard InChI is InChI=1S/C26H24F2N8O2/c1-3-21(37)34-10-15(8-16(34)11-38-2)36-26-22(25(29)30-12-31-26)19(33-36)7-6-17-18(27)9-20-24(23(17)28)32-13-35(20)14-4-5-14/h3,9,12-16H,1,4-5,8,10-11H2,2H3,(H2,29,30,31)/t15-,16+/m0/s1. The number of imidazole rings is 1. The monoisotopic (exact) mass is 518 g/mol. The molecule has 1 aliphatic heterocycles. The van der Waals surface area contributed by atoms with Gasteiger partial charge in [-0.1, -0.05) is 12.5 Å². The number of nitrogens with zero attached hydrogens (tertiary/aromatic N) is 7. The molecule has 2 N–H and O–H groups in total. The van der Waals surface area contributed by atoms with Crippen LogP contribution in [0.25, 0.3) is 22.1 Å². The SMILES string of the molecule is C=CC(=O)N1C[C@@H](n2nc(C#Cc3c(F)cc4c(ncn4C4CC4)c3F)c3c(N)ncnc32)C[C@@H]1COC. The molecule has 6 rings (SSSR count). The molecule has 10 nitrogen and oxygen atoms in total. The van der Waals surface area contributed by atoms with E-state index in [-0.39, 0.29) is 41.1 Å². The molecule has 1 saturated carbocycles. The van der Waals surface area contributed by atoms with Crippen molar-refractivity contribution >= 4 is 33.8 Å². The van der Waals surface area contributed by atoms with Crippen LogP contribution in [0.2, 0.25) is 0 Å². The number of likely N-dealkylation sites (tertiary alicyclic amines) is 1. The number of aromatic nitrogens is 6. The zero-order valence-electron chi connectivity index (χ0n) is 20.6. The van der Waals surface area contributed by atoms with Gasteiger partial charge in [0.15, 0.2) is 11.5 Å². The lowest BCUT2D eigenvalue weighted by Gasteiger charge is -2.22. The van der Waals surface area contributed by atoms with Gasteiger partial charge in [-0.25, -0.2) is 28.4 Å². The zero-order valence-corrected chi connectivity index (χ0v) is 20.6. The summed E-state index contributed by atoms with van der Waals surface area (Å²) >= 11 is 0. The van der Waals surface area contributed by atoms with Gasteiger partial charge < -0.3 is 19.9 Å². The third-order valence-corrected chi connectivity index (χ3v) is 7.08. The van der Waals surface area contributed by atoms with Gasteiger partial charge in [0.1, 0.15) is 29.2 Å². The number of methoxy groups -OCH3 is 1. The molecule has 1 aromatic carbocycles. The van der Waals surface area contributed by atoms with Crippen LogP contribution in [0.1, 0.15) is 42.6 Å². The first-order valence-corrected chi connectivity index (χ1v) is 12.2. The predicted molar refractivity (Wildman–Crippen MR) is 135 cm³/mol. The molecule has 4 heterocycles. The maximum atomic E-state index is 15.3. The first kappa shape index (κ1) is 24.0. The van der Waals surface area contributed by atoms with Gasteiger partial charge in [-0.05, 0) is 31.3 Å². The van der Waals surface area contributed by atoms with Crippen molar-refractivity contribution in [3.63, 3.8) is 0 Å². The van der Waals surface area contributed by atoms with Crippen LogP contribution >= 0.6 is 0 Å². The highest BCUT2D eigenvalue weighted by Crippen LogP contribution is 2.38. The Kier molecular flexibility index (Phi) is 5.80. The van der Waals surface area contributed by atoms with Crippen LogP contribution in [0, 0.1) is 23.5 Å². The first-order chi connectivity index (χ1) is 18.4. The number of carbonyl (C=O) groups excluding carboxylic acids is 1. The summed E-state index contributed by atoms with van der Waals surface area (Å²) in [7, 11) is 1.57. The number of carbonyl (C=O) groups is 1. The topological polar surface area (TPSA) is 117 Å². The highest BCUT2D eigenvalue weighted by Gasteiger charge is 2.37. The highest BCUT2D eigenvalue weighted by atomic mass is 19.1. The second-order valence-corrected chi connectivity index (χ2v) is 9.49. The van der Waals surface area contributed by atoms with E-state index in [1.54, 1.807) is 21.3 Å². The number of fused-ring (bicyclic) bond motifs is 2. The van der Waals surface area contributed by atoms with Gasteiger partial charge in [0.25, 0.3) is 0 Å². The molecular formula is C26H24F2N8O2. The fraction of sp³-hybridized carbons (Fsp3) is 0.346. The quantitative estimate of drug-likeness (QED) is 0.319. The maximum Gasteiger partial charge on any atom is 0.246 e. The van der Waals surface area contributed by atoms with Gasteiger partial charge in [0.05, 0.1) is 41.5 Å². The zero-order chi connectivity index (χ0) is 26.6. The number of rotatable bonds is 5. The average Bonchev–Trinajstić information content (AvgIpc) is 3.34. The largest absolute Gasteiger partial charge is 0.383 e. The van der Waals surface area contributed by atoms with Crippen LogP contribution < -0.4 is 5.73 Å². The highest BCUT2D eigenvalue weighted by molar-refractivity contribution is 5.91. The van der Waals surface area contributed by atoms with Crippen molar-refractivity contribution in [2.45, 2.75) is 37.4 Å². The molecule has 3 aromatic heterocycles. The molecule has 2 atom stereocenters. The Morgan fingerprint density at radius 1 is 1.26 bits per heavy atom. The lowest BCUT2D eigenvalue weighted by molar-refractivity contribution is -0.127. The molecule has 0 unspecified atom stereocenters. The fourth-order valence-corrected chi connectivity index (χ4v) is 5.12. The number of nitrogen functional groups attached to an aromatic ring is 1. The number of hydrogen-bond acceptors (Lipinski definition) is 7. The van der Waals surface area contributed by atoms with E-state index in [0.717, 1.165) is 12.8 Å². The van der Waals surface area contributed by atoms with Crippen molar-refractivity contribution in [2.75, 3.05) is 26.0 Å². The van der Waals surface area contributed by atoms with E-state index in [1.807, 2.05) is 0 Å². The van der Waals surface area contributed by atoms with Gasteiger partial charge in [0.2, 0.25) is 5.91 Å². The molecule has 0 radical (unpaired) electrons. The van der Waals surface area contributed by atoms with Crippen LogP contribution in [0.15, 0.2) is 31.4 Å². The number of hydrogen-bond donors (Lipinski definition) is 1. The number of benzene rings is 1. The van der Waals surface area contributed by atoms with Gasteiger partial charge in [0, 0.05) is 25.8 Å². The second kappa shape index (κ2) is 9.18. The Hall–Kier alpha value is -4.37. The van der Waals surface area contributed by atoms with E-state index < -0.39 is 17.2 Å². The summed E-state index contributed by atoms with van der Waals surface area (Å²) in [6.45, 7) is 4.27. The Morgan fingerprint density at radius 2 is 2.08 bits per heavy atom. The van der Waals surface area contributed by atoms with Crippen molar-refractivity contribution < 1.29 is 18.3 Å². The number of nitrogens with two attached hydrogens (primary N) is 1. The van der Waals surface area contributed by atoms with Gasteiger partial charge in [-0.3, -0.25) is 4.79 Å². The Bertz CT molecular complexity index is 1660. The molecule has 194 valence electrons. The van der Waals surface area contributed by atoms with Crippen molar-refractivity contribution in [3.8, 4) is 11.8 Å². The van der Waals surface area contributed by atoms with E-state index in [2.05, 4.69) is 38.5 Å². The molecule has 12 heteroatoms. The lowest BCUT2D eigenvalue weighted by atomic mass is 10.1. The average molecular weight is 519 g/mol. The number of halogens is 2. The van der Waals surface area contributed by atoms with Crippen molar-refractivity contribution in [2.24, 2.45) is 0 Å². The number of amides is 1. The summed E-state index contributed by atoms with van der Waals surface area (Å²) in [4.78, 5) is 26.7. The van der Waals surface area contributed by atoms with E-state index >= 15 is 8.78 Å². The molecule has 0 spiro atoms. The summed E-state index contributed by atoms with van der Waals surface area (Å²) in [6, 6.07) is 1.05. The van der Waals surface area contributed by atoms with Crippen LogP contribution in [0.3, 0.4) is 0 Å². The predicted octanol–water partition coefficient (Wildman–Crippen LogP) is 2.75. The summed E-state index contributed by atoms with van der Waals surface area (Å²) in [5.74, 6) is 3.69. The van der Waals surface area contributed by atoms with Gasteiger partial charge >= 0.3 is 0 Å². The third-order valence-electron chi connectivity index (χ3n) is 7.08. The molecule has 1 aliphatic carbocycles. The third kappa shape index (κ3) is 3.86. The van der Waals surface area contributed by atoms with Crippen molar-refractivity contribution in [3.05, 3.63) is 54.3 Å². The molecule has 2 fully saturated rings. The second-order valence-electron chi connectivity index (χ2n) is 9.49. The molecule has 38 heavy (non-hydrogen) atoms. The molecule has 1 amide bonds. The normalized spacial score (nSPS) is 19.2.